The Balaban J connectivity index is 2.77. The molecule has 0 saturated carbocycles. The van der Waals surface area contributed by atoms with Crippen LogP contribution in [0.5, 0.6) is 0 Å². The molecule has 1 aliphatic heterocycles. The van der Waals surface area contributed by atoms with Crippen LogP contribution in [-0.2, 0) is 9.84 Å². The second-order valence-electron chi connectivity index (χ2n) is 4.44. The first kappa shape index (κ1) is 11.8. The monoisotopic (exact) mass is 301 g/mol. The minimum absolute atomic E-state index is 0.337. The molecule has 0 fully saturated rings. The van der Waals surface area contributed by atoms with E-state index >= 15 is 0 Å². The molecular formula is C11H12BrNO2S. The van der Waals surface area contributed by atoms with Gasteiger partial charge in [-0.15, -0.1) is 0 Å². The first-order valence-electron chi connectivity index (χ1n) is 4.78. The van der Waals surface area contributed by atoms with Gasteiger partial charge in [-0.3, -0.25) is 0 Å². The Bertz CT molecular complexity index is 582. The van der Waals surface area contributed by atoms with Gasteiger partial charge in [-0.2, -0.15) is 0 Å². The molecule has 1 heterocycles. The highest BCUT2D eigenvalue weighted by molar-refractivity contribution is 9.10. The summed E-state index contributed by atoms with van der Waals surface area (Å²) < 4.78 is 24.6. The minimum atomic E-state index is -3.32. The largest absolute Gasteiger partial charge is 0.322 e. The van der Waals surface area contributed by atoms with Gasteiger partial charge in [0.05, 0.1) is 4.90 Å². The molecule has 0 atom stereocenters. The van der Waals surface area contributed by atoms with E-state index < -0.39 is 15.4 Å². The fourth-order valence-corrected chi connectivity index (χ4v) is 3.70. The summed E-state index contributed by atoms with van der Waals surface area (Å²) >= 11 is 3.33. The van der Waals surface area contributed by atoms with Crippen molar-refractivity contribution in [3.8, 4) is 0 Å². The van der Waals surface area contributed by atoms with E-state index in [1.165, 1.54) is 5.41 Å². The van der Waals surface area contributed by atoms with Gasteiger partial charge in [0.2, 0.25) is 9.84 Å². The van der Waals surface area contributed by atoms with Crippen molar-refractivity contribution in [3.63, 3.8) is 0 Å². The summed E-state index contributed by atoms with van der Waals surface area (Å²) in [7, 11) is -3.32. The van der Waals surface area contributed by atoms with Crippen molar-refractivity contribution in [3.05, 3.63) is 33.6 Å². The van der Waals surface area contributed by atoms with Gasteiger partial charge in [-0.1, -0.05) is 15.9 Å². The Morgan fingerprint density at radius 3 is 2.50 bits per heavy atom. The molecular weight excluding hydrogens is 290 g/mol. The Morgan fingerprint density at radius 1 is 1.31 bits per heavy atom. The molecule has 0 saturated heterocycles. The van der Waals surface area contributed by atoms with Crippen LogP contribution >= 0.6 is 15.9 Å². The minimum Gasteiger partial charge on any atom is -0.322 e. The number of benzene rings is 1. The molecule has 0 aromatic heterocycles. The Morgan fingerprint density at radius 2 is 1.94 bits per heavy atom. The standard InChI is InChI=1S/C11H12BrNO2S/c1-11(2,13)9-6-16(14,15)10-4-3-7(12)5-8(9)10/h3-6H,13H2,1-2H3. The van der Waals surface area contributed by atoms with Crippen LogP contribution in [0.25, 0.3) is 5.57 Å². The molecule has 0 spiro atoms. The highest BCUT2D eigenvalue weighted by atomic mass is 79.9. The average molecular weight is 302 g/mol. The van der Waals surface area contributed by atoms with Crippen LogP contribution in [0.2, 0.25) is 0 Å². The number of nitrogens with two attached hydrogens (primary N) is 1. The van der Waals surface area contributed by atoms with Crippen molar-refractivity contribution < 1.29 is 8.42 Å². The van der Waals surface area contributed by atoms with Crippen LogP contribution in [0, 0.1) is 0 Å². The van der Waals surface area contributed by atoms with E-state index in [-0.39, 0.29) is 0 Å². The van der Waals surface area contributed by atoms with E-state index in [0.717, 1.165) is 4.47 Å². The SMILES string of the molecule is CC(C)(N)C1=CS(=O)(=O)c2ccc(Br)cc21. The molecule has 0 aliphatic carbocycles. The third-order valence-electron chi connectivity index (χ3n) is 2.51. The molecule has 0 radical (unpaired) electrons. The highest BCUT2D eigenvalue weighted by Gasteiger charge is 2.33. The lowest BCUT2D eigenvalue weighted by Crippen LogP contribution is -2.32. The molecule has 1 aromatic rings. The zero-order valence-corrected chi connectivity index (χ0v) is 11.4. The van der Waals surface area contributed by atoms with Crippen molar-refractivity contribution in [1.29, 1.82) is 0 Å². The van der Waals surface area contributed by atoms with Gasteiger partial charge in [0, 0.05) is 21.0 Å². The van der Waals surface area contributed by atoms with Gasteiger partial charge in [-0.05, 0) is 37.6 Å². The average Bonchev–Trinajstić information content (AvgIpc) is 2.37. The van der Waals surface area contributed by atoms with Crippen LogP contribution < -0.4 is 5.73 Å². The second-order valence-corrected chi connectivity index (χ2v) is 7.12. The van der Waals surface area contributed by atoms with Crippen LogP contribution in [0.3, 0.4) is 0 Å². The van der Waals surface area contributed by atoms with Crippen LogP contribution in [0.4, 0.5) is 0 Å². The van der Waals surface area contributed by atoms with Gasteiger partial charge in [0.1, 0.15) is 0 Å². The smallest absolute Gasteiger partial charge is 0.200 e. The van der Waals surface area contributed by atoms with E-state index in [2.05, 4.69) is 15.9 Å². The quantitative estimate of drug-likeness (QED) is 0.866. The second kappa shape index (κ2) is 3.42. The van der Waals surface area contributed by atoms with E-state index in [0.29, 0.717) is 16.0 Å². The van der Waals surface area contributed by atoms with Gasteiger partial charge in [0.25, 0.3) is 0 Å². The Hall–Kier alpha value is -0.650. The molecule has 1 aliphatic rings. The molecule has 2 N–H and O–H groups in total. The molecule has 1 aromatic carbocycles. The van der Waals surface area contributed by atoms with E-state index in [1.54, 1.807) is 32.0 Å². The van der Waals surface area contributed by atoms with Gasteiger partial charge in [0.15, 0.2) is 0 Å². The van der Waals surface area contributed by atoms with Crippen LogP contribution in [0.1, 0.15) is 19.4 Å². The summed E-state index contributed by atoms with van der Waals surface area (Å²) in [4.78, 5) is 0.337. The lowest BCUT2D eigenvalue weighted by Gasteiger charge is -2.20. The first-order valence-corrected chi connectivity index (χ1v) is 7.12. The van der Waals surface area contributed by atoms with E-state index in [4.69, 9.17) is 5.73 Å². The van der Waals surface area contributed by atoms with Gasteiger partial charge < -0.3 is 5.73 Å². The Labute approximate surface area is 103 Å². The summed E-state index contributed by atoms with van der Waals surface area (Å²) in [6.45, 7) is 3.59. The first-order chi connectivity index (χ1) is 7.22. The number of hydrogen-bond donors (Lipinski definition) is 1. The fourth-order valence-electron chi connectivity index (χ4n) is 1.74. The normalized spacial score (nSPS) is 18.1. The van der Waals surface area contributed by atoms with E-state index in [9.17, 15) is 8.42 Å². The Kier molecular flexibility index (Phi) is 2.53. The molecule has 0 amide bonds. The summed E-state index contributed by atoms with van der Waals surface area (Å²) in [6.07, 6.45) is 0. The van der Waals surface area contributed by atoms with Gasteiger partial charge >= 0.3 is 0 Å². The fraction of sp³-hybridized carbons (Fsp3) is 0.273. The summed E-state index contributed by atoms with van der Waals surface area (Å²) in [6, 6.07) is 5.11. The lowest BCUT2D eigenvalue weighted by molar-refractivity contribution is 0.605. The molecule has 3 nitrogen and oxygen atoms in total. The number of hydrogen-bond acceptors (Lipinski definition) is 3. The zero-order chi connectivity index (χ0) is 12.1. The number of sulfone groups is 1. The maximum atomic E-state index is 11.9. The zero-order valence-electron chi connectivity index (χ0n) is 8.99. The maximum absolute atomic E-state index is 11.9. The molecule has 0 bridgehead atoms. The molecule has 16 heavy (non-hydrogen) atoms. The van der Waals surface area contributed by atoms with Crippen molar-refractivity contribution in [2.45, 2.75) is 24.3 Å². The summed E-state index contributed by atoms with van der Waals surface area (Å²) in [5, 5.41) is 1.27. The predicted molar refractivity (Wildman–Crippen MR) is 67.6 cm³/mol. The summed E-state index contributed by atoms with van der Waals surface area (Å²) in [5.41, 5.74) is 6.66. The van der Waals surface area contributed by atoms with Crippen molar-refractivity contribution in [2.75, 3.05) is 0 Å². The van der Waals surface area contributed by atoms with Crippen molar-refractivity contribution in [1.82, 2.24) is 0 Å². The predicted octanol–water partition coefficient (Wildman–Crippen LogP) is 2.31. The molecule has 5 heteroatoms. The van der Waals surface area contributed by atoms with Crippen LogP contribution in [-0.4, -0.2) is 14.0 Å². The molecule has 0 unspecified atom stereocenters. The molecule has 86 valence electrons. The third-order valence-corrected chi connectivity index (χ3v) is 4.51. The number of rotatable bonds is 1. The number of halogens is 1. The maximum Gasteiger partial charge on any atom is 0.200 e. The number of fused-ring (bicyclic) bond motifs is 1. The van der Waals surface area contributed by atoms with Crippen LogP contribution in [0.15, 0.2) is 33.0 Å². The molecule has 2 rings (SSSR count). The van der Waals surface area contributed by atoms with E-state index in [1.807, 2.05) is 0 Å². The van der Waals surface area contributed by atoms with Crippen molar-refractivity contribution >= 4 is 31.3 Å². The topological polar surface area (TPSA) is 60.2 Å². The third kappa shape index (κ3) is 1.83. The summed E-state index contributed by atoms with van der Waals surface area (Å²) in [5.74, 6) is 0. The van der Waals surface area contributed by atoms with Gasteiger partial charge in [-0.25, -0.2) is 8.42 Å². The lowest BCUT2D eigenvalue weighted by atomic mass is 9.91. The highest BCUT2D eigenvalue weighted by Crippen LogP contribution is 2.39. The van der Waals surface area contributed by atoms with Crippen molar-refractivity contribution in [2.24, 2.45) is 5.73 Å².